The smallest absolute Gasteiger partial charge is 0.292 e. The van der Waals surface area contributed by atoms with Crippen LogP contribution < -0.4 is 5.32 Å². The zero-order valence-corrected chi connectivity index (χ0v) is 12.4. The molecule has 1 rings (SSSR count). The molecular formula is C14H22N2O4. The highest BCUT2D eigenvalue weighted by Gasteiger charge is 2.18. The number of hydrogen-bond acceptors (Lipinski definition) is 5. The monoisotopic (exact) mass is 282 g/mol. The molecule has 0 aliphatic carbocycles. The quantitative estimate of drug-likeness (QED) is 0.451. The van der Waals surface area contributed by atoms with Crippen molar-refractivity contribution < 1.29 is 14.4 Å². The minimum Gasteiger partial charge on any atom is -0.382 e. The Morgan fingerprint density at radius 2 is 2.10 bits per heavy atom. The summed E-state index contributed by atoms with van der Waals surface area (Å²) in [4.78, 5) is 10.5. The van der Waals surface area contributed by atoms with Gasteiger partial charge in [0.1, 0.15) is 5.69 Å². The molecule has 1 aromatic rings. The maximum atomic E-state index is 10.9. The van der Waals surface area contributed by atoms with Crippen LogP contribution >= 0.6 is 0 Å². The van der Waals surface area contributed by atoms with Gasteiger partial charge in [-0.2, -0.15) is 0 Å². The molecule has 20 heavy (non-hydrogen) atoms. The van der Waals surface area contributed by atoms with Crippen LogP contribution in [0.3, 0.4) is 0 Å². The summed E-state index contributed by atoms with van der Waals surface area (Å²) >= 11 is 0. The summed E-state index contributed by atoms with van der Waals surface area (Å²) in [6.45, 7) is 4.84. The van der Waals surface area contributed by atoms with E-state index < -0.39 is 4.92 Å². The molecule has 0 aliphatic rings. The lowest BCUT2D eigenvalue weighted by Gasteiger charge is -2.22. The van der Waals surface area contributed by atoms with Crippen molar-refractivity contribution in [3.05, 3.63) is 33.9 Å². The molecule has 0 amide bonds. The third-order valence-corrected chi connectivity index (χ3v) is 3.23. The van der Waals surface area contributed by atoms with E-state index in [1.54, 1.807) is 20.2 Å². The van der Waals surface area contributed by atoms with Crippen LogP contribution in [0.1, 0.15) is 25.8 Å². The van der Waals surface area contributed by atoms with Crippen molar-refractivity contribution in [3.63, 3.8) is 0 Å². The highest BCUT2D eigenvalue weighted by atomic mass is 16.6. The molecule has 0 bridgehead atoms. The summed E-state index contributed by atoms with van der Waals surface area (Å²) in [5.74, 6) is 0. The van der Waals surface area contributed by atoms with E-state index in [0.717, 1.165) is 12.0 Å². The fourth-order valence-corrected chi connectivity index (χ4v) is 1.75. The van der Waals surface area contributed by atoms with Crippen molar-refractivity contribution in [1.82, 2.24) is 0 Å². The molecule has 0 aromatic heterocycles. The van der Waals surface area contributed by atoms with Gasteiger partial charge in [0, 0.05) is 32.4 Å². The lowest BCUT2D eigenvalue weighted by Crippen LogP contribution is -2.24. The molecule has 0 aliphatic heterocycles. The van der Waals surface area contributed by atoms with E-state index in [9.17, 15) is 10.1 Å². The molecule has 0 saturated carbocycles. The second kappa shape index (κ2) is 7.21. The van der Waals surface area contributed by atoms with Crippen LogP contribution in [0.25, 0.3) is 0 Å². The first kappa shape index (κ1) is 16.4. The Bertz CT molecular complexity index is 460. The van der Waals surface area contributed by atoms with Gasteiger partial charge in [-0.25, -0.2) is 0 Å². The Kier molecular flexibility index (Phi) is 5.91. The van der Waals surface area contributed by atoms with Gasteiger partial charge in [0.15, 0.2) is 0 Å². The number of ether oxygens (including phenoxy) is 2. The Balaban J connectivity index is 2.65. The van der Waals surface area contributed by atoms with Gasteiger partial charge in [-0.15, -0.1) is 0 Å². The van der Waals surface area contributed by atoms with E-state index in [1.807, 2.05) is 19.9 Å². The van der Waals surface area contributed by atoms with Gasteiger partial charge >= 0.3 is 0 Å². The standard InChI is InChI=1S/C14H22N2O4/c1-14(2,19-4)8-9-20-10-11-6-5-7-12(16(17)18)13(11)15-3/h5-7,15H,8-10H2,1-4H3. The van der Waals surface area contributed by atoms with Gasteiger partial charge in [0.2, 0.25) is 0 Å². The number of nitro groups is 1. The van der Waals surface area contributed by atoms with Crippen molar-refractivity contribution in [2.24, 2.45) is 0 Å². The topological polar surface area (TPSA) is 73.6 Å². The van der Waals surface area contributed by atoms with E-state index in [0.29, 0.717) is 18.9 Å². The number of nitrogens with one attached hydrogen (secondary N) is 1. The van der Waals surface area contributed by atoms with Crippen molar-refractivity contribution in [3.8, 4) is 0 Å². The number of anilines is 1. The number of rotatable bonds is 8. The number of nitro benzene ring substituents is 1. The van der Waals surface area contributed by atoms with Gasteiger partial charge in [-0.3, -0.25) is 10.1 Å². The van der Waals surface area contributed by atoms with Gasteiger partial charge in [-0.1, -0.05) is 12.1 Å². The van der Waals surface area contributed by atoms with Crippen LogP contribution in [0.15, 0.2) is 18.2 Å². The molecular weight excluding hydrogens is 260 g/mol. The van der Waals surface area contributed by atoms with Crippen molar-refractivity contribution in [2.45, 2.75) is 32.5 Å². The number of methoxy groups -OCH3 is 1. The largest absolute Gasteiger partial charge is 0.382 e. The first-order chi connectivity index (χ1) is 9.41. The van der Waals surface area contributed by atoms with Gasteiger partial charge in [0.25, 0.3) is 5.69 Å². The van der Waals surface area contributed by atoms with Crippen molar-refractivity contribution >= 4 is 11.4 Å². The van der Waals surface area contributed by atoms with Crippen LogP contribution in [-0.4, -0.2) is 31.3 Å². The average molecular weight is 282 g/mol. The SMILES string of the molecule is CNc1c(COCCC(C)(C)OC)cccc1[N+](=O)[O-]. The normalized spacial score (nSPS) is 11.4. The summed E-state index contributed by atoms with van der Waals surface area (Å²) in [6, 6.07) is 4.96. The lowest BCUT2D eigenvalue weighted by molar-refractivity contribution is -0.384. The van der Waals surface area contributed by atoms with Crippen LogP contribution in [-0.2, 0) is 16.1 Å². The predicted molar refractivity (Wildman–Crippen MR) is 78.0 cm³/mol. The molecule has 0 saturated heterocycles. The molecule has 6 nitrogen and oxygen atoms in total. The second-order valence-corrected chi connectivity index (χ2v) is 5.08. The molecule has 0 atom stereocenters. The molecule has 0 unspecified atom stereocenters. The van der Waals surface area contributed by atoms with E-state index in [1.165, 1.54) is 6.07 Å². The first-order valence-electron chi connectivity index (χ1n) is 6.48. The van der Waals surface area contributed by atoms with E-state index in [4.69, 9.17) is 9.47 Å². The summed E-state index contributed by atoms with van der Waals surface area (Å²) in [5, 5.41) is 13.8. The fraction of sp³-hybridized carbons (Fsp3) is 0.571. The van der Waals surface area contributed by atoms with Crippen LogP contribution in [0.4, 0.5) is 11.4 Å². The van der Waals surface area contributed by atoms with Crippen LogP contribution in [0, 0.1) is 10.1 Å². The lowest BCUT2D eigenvalue weighted by atomic mass is 10.1. The van der Waals surface area contributed by atoms with Crippen molar-refractivity contribution in [1.29, 1.82) is 0 Å². The van der Waals surface area contributed by atoms with Crippen molar-refractivity contribution in [2.75, 3.05) is 26.1 Å². The number of benzene rings is 1. The maximum absolute atomic E-state index is 10.9. The predicted octanol–water partition coefficient (Wildman–Crippen LogP) is 2.97. The summed E-state index contributed by atoms with van der Waals surface area (Å²) in [5.41, 5.74) is 1.11. The molecule has 112 valence electrons. The third kappa shape index (κ3) is 4.47. The molecule has 1 N–H and O–H groups in total. The Hall–Kier alpha value is -1.66. The van der Waals surface area contributed by atoms with Gasteiger partial charge < -0.3 is 14.8 Å². The van der Waals surface area contributed by atoms with Gasteiger partial charge in [-0.05, 0) is 20.3 Å². The Labute approximate surface area is 119 Å². The molecule has 0 radical (unpaired) electrons. The molecule has 0 heterocycles. The minimum absolute atomic E-state index is 0.0609. The summed E-state index contributed by atoms with van der Waals surface area (Å²) in [6.07, 6.45) is 0.757. The van der Waals surface area contributed by atoms with Crippen LogP contribution in [0.2, 0.25) is 0 Å². The average Bonchev–Trinajstić information content (AvgIpc) is 2.43. The highest BCUT2D eigenvalue weighted by molar-refractivity contribution is 5.65. The third-order valence-electron chi connectivity index (χ3n) is 3.23. The Morgan fingerprint density at radius 3 is 2.65 bits per heavy atom. The van der Waals surface area contributed by atoms with E-state index >= 15 is 0 Å². The minimum atomic E-state index is -0.399. The molecule has 1 aromatic carbocycles. The number of para-hydroxylation sites is 1. The Morgan fingerprint density at radius 1 is 1.40 bits per heavy atom. The van der Waals surface area contributed by atoms with Gasteiger partial charge in [0.05, 0.1) is 17.1 Å². The first-order valence-corrected chi connectivity index (χ1v) is 6.48. The molecule has 0 fully saturated rings. The molecule has 0 spiro atoms. The number of nitrogens with zero attached hydrogens (tertiary/aromatic N) is 1. The molecule has 6 heteroatoms. The maximum Gasteiger partial charge on any atom is 0.292 e. The zero-order chi connectivity index (χ0) is 15.2. The fourth-order valence-electron chi connectivity index (χ4n) is 1.75. The van der Waals surface area contributed by atoms with E-state index in [2.05, 4.69) is 5.32 Å². The van der Waals surface area contributed by atoms with Crippen LogP contribution in [0.5, 0.6) is 0 Å². The zero-order valence-electron chi connectivity index (χ0n) is 12.4. The van der Waals surface area contributed by atoms with E-state index in [-0.39, 0.29) is 11.3 Å². The number of hydrogen-bond donors (Lipinski definition) is 1. The summed E-state index contributed by atoms with van der Waals surface area (Å²) in [7, 11) is 3.33. The highest BCUT2D eigenvalue weighted by Crippen LogP contribution is 2.28. The second-order valence-electron chi connectivity index (χ2n) is 5.08. The summed E-state index contributed by atoms with van der Waals surface area (Å²) < 4.78 is 10.9.